The monoisotopic (exact) mass is 604 g/mol. The van der Waals surface area contributed by atoms with Crippen LogP contribution < -0.4 is 0 Å². The van der Waals surface area contributed by atoms with Crippen molar-refractivity contribution in [3.8, 4) is 33.4 Å². The first-order valence-electron chi connectivity index (χ1n) is 15.8. The fraction of sp³-hybridized carbons (Fsp3) is 0.0222. The van der Waals surface area contributed by atoms with Gasteiger partial charge in [-0.05, 0) is 90.7 Å². The van der Waals surface area contributed by atoms with Crippen molar-refractivity contribution >= 4 is 39.4 Å². The highest BCUT2D eigenvalue weighted by Gasteiger charge is 2.19. The van der Waals surface area contributed by atoms with E-state index in [4.69, 9.17) is 0 Å². The van der Waals surface area contributed by atoms with Gasteiger partial charge in [0.05, 0.1) is 0 Å². The molecule has 0 atom stereocenters. The number of hydrogen-bond donors (Lipinski definition) is 0. The second kappa shape index (κ2) is 12.6. The molecule has 1 aliphatic carbocycles. The molecule has 0 nitrogen and oxygen atoms in total. The van der Waals surface area contributed by atoms with Gasteiger partial charge < -0.3 is 0 Å². The van der Waals surface area contributed by atoms with Gasteiger partial charge >= 0.3 is 0 Å². The van der Waals surface area contributed by atoms with Crippen LogP contribution in [0, 0.1) is 0 Å². The van der Waals surface area contributed by atoms with E-state index in [9.17, 15) is 0 Å². The van der Waals surface area contributed by atoms with Crippen LogP contribution in [0.1, 0.15) is 12.0 Å². The van der Waals surface area contributed by atoms with E-state index in [1.807, 2.05) is 11.8 Å². The molecule has 0 bridgehead atoms. The molecule has 0 unspecified atom stereocenters. The van der Waals surface area contributed by atoms with E-state index in [1.54, 1.807) is 0 Å². The minimum Gasteiger partial charge on any atom is -0.0904 e. The average molecular weight is 605 g/mol. The third kappa shape index (κ3) is 5.51. The minimum atomic E-state index is 0.946. The summed E-state index contributed by atoms with van der Waals surface area (Å²) in [6.07, 6.45) is 10.0. The molecule has 0 amide bonds. The van der Waals surface area contributed by atoms with Gasteiger partial charge in [0.25, 0.3) is 0 Å². The molecule has 1 aliphatic rings. The van der Waals surface area contributed by atoms with Crippen molar-refractivity contribution in [2.24, 2.45) is 0 Å². The van der Waals surface area contributed by atoms with Crippen molar-refractivity contribution in [3.63, 3.8) is 0 Å². The fourth-order valence-electron chi connectivity index (χ4n) is 6.62. The zero-order chi connectivity index (χ0) is 30.7. The minimum absolute atomic E-state index is 0.946. The first kappa shape index (κ1) is 28.1. The van der Waals surface area contributed by atoms with Crippen LogP contribution in [0.2, 0.25) is 0 Å². The molecule has 0 aromatic heterocycles. The van der Waals surface area contributed by atoms with Crippen LogP contribution in [0.3, 0.4) is 0 Å². The molecule has 0 saturated heterocycles. The van der Waals surface area contributed by atoms with Crippen molar-refractivity contribution in [1.82, 2.24) is 0 Å². The van der Waals surface area contributed by atoms with Gasteiger partial charge in [0.1, 0.15) is 0 Å². The lowest BCUT2D eigenvalue weighted by molar-refractivity contribution is 1.27. The van der Waals surface area contributed by atoms with Crippen LogP contribution in [0.4, 0.5) is 0 Å². The Bertz CT molecular complexity index is 2260. The topological polar surface area (TPSA) is 0 Å². The van der Waals surface area contributed by atoms with Crippen molar-refractivity contribution in [1.29, 1.82) is 0 Å². The molecule has 0 N–H and O–H groups in total. The fourth-order valence-corrected chi connectivity index (χ4v) is 7.47. The van der Waals surface area contributed by atoms with E-state index in [0.29, 0.717) is 0 Å². The summed E-state index contributed by atoms with van der Waals surface area (Å²) in [6, 6.07) is 57.0. The maximum absolute atomic E-state index is 2.33. The van der Waals surface area contributed by atoms with E-state index in [2.05, 4.69) is 182 Å². The summed E-state index contributed by atoms with van der Waals surface area (Å²) >= 11 is 1.83. The number of rotatable bonds is 6. The van der Waals surface area contributed by atoms with E-state index in [1.165, 1.54) is 75.9 Å². The lowest BCUT2D eigenvalue weighted by atomic mass is 9.83. The molecule has 46 heavy (non-hydrogen) atoms. The van der Waals surface area contributed by atoms with Gasteiger partial charge in [0.15, 0.2) is 0 Å². The number of thioether (sulfide) groups is 1. The zero-order valence-corrected chi connectivity index (χ0v) is 26.3. The molecule has 0 radical (unpaired) electrons. The van der Waals surface area contributed by atoms with Crippen LogP contribution in [0.25, 0.3) is 61.0 Å². The second-order valence-electron chi connectivity index (χ2n) is 11.7. The standard InChI is InChI=1S/C45H32S/c1-4-13-32(14-5-1)31-33-23-27-37(28-24-33)46-38-29-25-34(26-30-38)39-21-12-22-42-43(35-15-6-2-7-16-35)40-19-10-11-20-41(40)44(45(39)42)36-17-8-3-9-18-36/h1-23,25-31H,24H2. The van der Waals surface area contributed by atoms with Crippen LogP contribution in [0.5, 0.6) is 0 Å². The quantitative estimate of drug-likeness (QED) is 0.170. The molecule has 1 heteroatoms. The molecular formula is C45H32S. The Labute approximate surface area is 275 Å². The molecule has 7 aromatic carbocycles. The molecule has 0 saturated carbocycles. The molecular weight excluding hydrogens is 573 g/mol. The lowest BCUT2D eigenvalue weighted by Crippen LogP contribution is -1.93. The highest BCUT2D eigenvalue weighted by atomic mass is 32.2. The van der Waals surface area contributed by atoms with E-state index < -0.39 is 0 Å². The summed E-state index contributed by atoms with van der Waals surface area (Å²) < 4.78 is 0. The van der Waals surface area contributed by atoms with Crippen molar-refractivity contribution in [3.05, 3.63) is 192 Å². The van der Waals surface area contributed by atoms with Gasteiger partial charge in [0, 0.05) is 9.80 Å². The Hall–Kier alpha value is -5.37. The summed E-state index contributed by atoms with van der Waals surface area (Å²) in [7, 11) is 0. The van der Waals surface area contributed by atoms with E-state index >= 15 is 0 Å². The van der Waals surface area contributed by atoms with Crippen LogP contribution in [-0.2, 0) is 0 Å². The van der Waals surface area contributed by atoms with Gasteiger partial charge in [-0.25, -0.2) is 0 Å². The van der Waals surface area contributed by atoms with E-state index in [-0.39, 0.29) is 0 Å². The Morgan fingerprint density at radius 2 is 1.04 bits per heavy atom. The van der Waals surface area contributed by atoms with E-state index in [0.717, 1.165) is 6.42 Å². The third-order valence-corrected chi connectivity index (χ3v) is 9.77. The smallest absolute Gasteiger partial charge is 0.0122 e. The van der Waals surface area contributed by atoms with Crippen LogP contribution in [0.15, 0.2) is 191 Å². The predicted molar refractivity (Wildman–Crippen MR) is 200 cm³/mol. The Kier molecular flexibility index (Phi) is 7.68. The SMILES string of the molecule is C1=CC(Sc2ccc(-c3cccc4c(-c5ccccc5)c5ccccc5c(-c5ccccc5)c34)cc2)=CCC1=Cc1ccccc1. The van der Waals surface area contributed by atoms with Crippen molar-refractivity contribution < 1.29 is 0 Å². The normalized spacial score (nSPS) is 13.7. The Morgan fingerprint density at radius 1 is 0.457 bits per heavy atom. The molecule has 0 fully saturated rings. The number of hydrogen-bond acceptors (Lipinski definition) is 1. The maximum Gasteiger partial charge on any atom is 0.0122 e. The summed E-state index contributed by atoms with van der Waals surface area (Å²) in [5, 5.41) is 5.12. The van der Waals surface area contributed by atoms with Gasteiger partial charge in [-0.3, -0.25) is 0 Å². The molecule has 0 spiro atoms. The largest absolute Gasteiger partial charge is 0.0904 e. The first-order valence-corrected chi connectivity index (χ1v) is 16.6. The molecule has 0 aliphatic heterocycles. The van der Waals surface area contributed by atoms with Crippen LogP contribution in [-0.4, -0.2) is 0 Å². The summed E-state index contributed by atoms with van der Waals surface area (Å²) in [5.74, 6) is 0. The Balaban J connectivity index is 1.21. The average Bonchev–Trinajstić information content (AvgIpc) is 3.13. The number of allylic oxidation sites excluding steroid dienone is 4. The summed E-state index contributed by atoms with van der Waals surface area (Å²) in [5.41, 5.74) is 10.1. The maximum atomic E-state index is 2.33. The molecule has 8 rings (SSSR count). The lowest BCUT2D eigenvalue weighted by Gasteiger charge is -2.20. The molecule has 7 aromatic rings. The van der Waals surface area contributed by atoms with Gasteiger partial charge in [0.2, 0.25) is 0 Å². The Morgan fingerprint density at radius 3 is 1.70 bits per heavy atom. The van der Waals surface area contributed by atoms with Gasteiger partial charge in [-0.1, -0.05) is 176 Å². The van der Waals surface area contributed by atoms with Gasteiger partial charge in [-0.15, -0.1) is 0 Å². The zero-order valence-electron chi connectivity index (χ0n) is 25.4. The predicted octanol–water partition coefficient (Wildman–Crippen LogP) is 13.0. The highest BCUT2D eigenvalue weighted by molar-refractivity contribution is 8.03. The van der Waals surface area contributed by atoms with Crippen molar-refractivity contribution in [2.75, 3.05) is 0 Å². The van der Waals surface area contributed by atoms with Gasteiger partial charge in [-0.2, -0.15) is 0 Å². The van der Waals surface area contributed by atoms with Crippen molar-refractivity contribution in [2.45, 2.75) is 11.3 Å². The first-order chi connectivity index (χ1) is 22.8. The third-order valence-electron chi connectivity index (χ3n) is 8.73. The summed E-state index contributed by atoms with van der Waals surface area (Å²) in [4.78, 5) is 2.53. The summed E-state index contributed by atoms with van der Waals surface area (Å²) in [6.45, 7) is 0. The second-order valence-corrected chi connectivity index (χ2v) is 12.8. The highest BCUT2D eigenvalue weighted by Crippen LogP contribution is 2.47. The number of benzene rings is 7. The molecule has 218 valence electrons. The number of fused-ring (bicyclic) bond motifs is 2. The van der Waals surface area contributed by atoms with Crippen LogP contribution >= 0.6 is 11.8 Å². The molecule has 0 heterocycles.